The van der Waals surface area contributed by atoms with Gasteiger partial charge in [0.1, 0.15) is 11.7 Å². The third-order valence-corrected chi connectivity index (χ3v) is 7.58. The third kappa shape index (κ3) is 5.47. The summed E-state index contributed by atoms with van der Waals surface area (Å²) in [5.74, 6) is 1.42. The number of anilines is 2. The number of pyridine rings is 1. The molecule has 2 aromatic rings. The molecule has 3 aliphatic rings. The maximum Gasteiger partial charge on any atom is 0.247 e. The van der Waals surface area contributed by atoms with Gasteiger partial charge in [-0.15, -0.1) is 0 Å². The Morgan fingerprint density at radius 3 is 2.72 bits per heavy atom. The lowest BCUT2D eigenvalue weighted by Gasteiger charge is -2.23. The van der Waals surface area contributed by atoms with E-state index >= 15 is 0 Å². The number of hydrogen-bond acceptors (Lipinski definition) is 6. The van der Waals surface area contributed by atoms with E-state index in [-0.39, 0.29) is 11.9 Å². The lowest BCUT2D eigenvalue weighted by Crippen LogP contribution is -2.31. The van der Waals surface area contributed by atoms with Crippen molar-refractivity contribution in [2.75, 3.05) is 17.2 Å². The summed E-state index contributed by atoms with van der Waals surface area (Å²) in [6.45, 7) is 4.78. The molecule has 2 aromatic carbocycles. The molecule has 5 rings (SSSR count). The fraction of sp³-hybridized carbons (Fsp3) is 0.259. The Morgan fingerprint density at radius 1 is 1.19 bits per heavy atom. The van der Waals surface area contributed by atoms with Crippen LogP contribution in [0, 0.1) is 6.92 Å². The standard InChI is InChI=1S/C27H27BrN6OS/c1-3-24(26(35)31-23-13-20(11-6-17(23)2)30-21-14-29-15-21)34-12-4-5-22-25(34)33-27(32-22)36-16-18-7-9-19(28)10-8-18/h4-14,21,24,30H,3,15-16H2,1-2H3,(H,31,35). The lowest BCUT2D eigenvalue weighted by molar-refractivity contribution is -0.119. The Kier molecular flexibility index (Phi) is 7.38. The number of benzene rings is 2. The molecule has 2 N–H and O–H groups in total. The molecule has 3 heterocycles. The number of carbonyl (C=O) groups excluding carboxylic acids is 1. The van der Waals surface area contributed by atoms with Crippen LogP contribution in [-0.2, 0) is 10.5 Å². The minimum atomic E-state index is -0.412. The number of nitrogens with one attached hydrogen (secondary N) is 2. The molecule has 3 aliphatic heterocycles. The van der Waals surface area contributed by atoms with Gasteiger partial charge in [0.15, 0.2) is 11.0 Å². The van der Waals surface area contributed by atoms with Crippen LogP contribution in [-0.4, -0.2) is 39.2 Å². The van der Waals surface area contributed by atoms with E-state index in [0.717, 1.165) is 39.4 Å². The zero-order valence-electron chi connectivity index (χ0n) is 20.1. The van der Waals surface area contributed by atoms with Gasteiger partial charge in [0.25, 0.3) is 0 Å². The number of aryl methyl sites for hydroxylation is 1. The molecule has 9 heteroatoms. The molecule has 184 valence electrons. The molecule has 0 saturated heterocycles. The highest BCUT2D eigenvalue weighted by atomic mass is 79.9. The van der Waals surface area contributed by atoms with Crippen LogP contribution in [0.3, 0.4) is 0 Å². The normalized spacial score (nSPS) is 15.5. The van der Waals surface area contributed by atoms with Crippen molar-refractivity contribution >= 4 is 51.2 Å². The second-order valence-corrected chi connectivity index (χ2v) is 10.6. The predicted octanol–water partition coefficient (Wildman–Crippen LogP) is 6.20. The summed E-state index contributed by atoms with van der Waals surface area (Å²) in [4.78, 5) is 27.1. The number of carbonyl (C=O) groups is 1. The first-order valence-electron chi connectivity index (χ1n) is 11.9. The SMILES string of the molecule is CCC(C(=O)Nc1cc(NC2C=NC2)ccc1C)n1cccc2nc(SCc3ccc(Br)cc3)nc1-2. The number of imidazole rings is 1. The number of thioether (sulfide) groups is 1. The Morgan fingerprint density at radius 2 is 2.00 bits per heavy atom. The molecule has 0 bridgehead atoms. The average molecular weight is 564 g/mol. The van der Waals surface area contributed by atoms with E-state index in [0.29, 0.717) is 17.4 Å². The van der Waals surface area contributed by atoms with Gasteiger partial charge in [-0.3, -0.25) is 9.79 Å². The van der Waals surface area contributed by atoms with E-state index in [1.807, 2.05) is 73.3 Å². The van der Waals surface area contributed by atoms with Gasteiger partial charge in [-0.25, -0.2) is 9.97 Å². The predicted molar refractivity (Wildman–Crippen MR) is 150 cm³/mol. The van der Waals surface area contributed by atoms with E-state index in [1.54, 1.807) is 11.8 Å². The van der Waals surface area contributed by atoms with Gasteiger partial charge in [0.05, 0.1) is 12.6 Å². The highest BCUT2D eigenvalue weighted by Gasteiger charge is 2.24. The summed E-state index contributed by atoms with van der Waals surface area (Å²) in [5, 5.41) is 7.27. The lowest BCUT2D eigenvalue weighted by atomic mass is 10.1. The Labute approximate surface area is 223 Å². The van der Waals surface area contributed by atoms with Gasteiger partial charge >= 0.3 is 0 Å². The van der Waals surface area contributed by atoms with Crippen molar-refractivity contribution in [1.82, 2.24) is 14.5 Å². The maximum absolute atomic E-state index is 13.5. The summed E-state index contributed by atoms with van der Waals surface area (Å²) >= 11 is 5.06. The number of rotatable bonds is 9. The van der Waals surface area contributed by atoms with E-state index in [9.17, 15) is 4.79 Å². The number of aliphatic imine (C=N–C) groups is 1. The maximum atomic E-state index is 13.5. The number of halogens is 1. The summed E-state index contributed by atoms with van der Waals surface area (Å²) < 4.78 is 2.99. The fourth-order valence-corrected chi connectivity index (χ4v) is 5.11. The molecular formula is C27H27BrN6OS. The minimum Gasteiger partial charge on any atom is -0.375 e. The van der Waals surface area contributed by atoms with Gasteiger partial charge in [0, 0.05) is 34.0 Å². The number of aromatic nitrogens is 3. The number of nitrogens with zero attached hydrogens (tertiary/aromatic N) is 4. The molecule has 7 nitrogen and oxygen atoms in total. The second kappa shape index (κ2) is 10.8. The van der Waals surface area contributed by atoms with Crippen LogP contribution >= 0.6 is 27.7 Å². The second-order valence-electron chi connectivity index (χ2n) is 8.75. The zero-order chi connectivity index (χ0) is 25.1. The van der Waals surface area contributed by atoms with Gasteiger partial charge in [-0.2, -0.15) is 0 Å². The Bertz CT molecular complexity index is 1370. The van der Waals surface area contributed by atoms with E-state index < -0.39 is 6.04 Å². The minimum absolute atomic E-state index is 0.0764. The molecule has 0 aliphatic carbocycles. The van der Waals surface area contributed by atoms with Crippen LogP contribution in [0.5, 0.6) is 0 Å². The average Bonchev–Trinajstić information content (AvgIpc) is 3.27. The van der Waals surface area contributed by atoms with E-state index in [1.165, 1.54) is 5.56 Å². The molecule has 36 heavy (non-hydrogen) atoms. The van der Waals surface area contributed by atoms with Gasteiger partial charge in [-0.1, -0.05) is 52.8 Å². The number of amides is 1. The summed E-state index contributed by atoms with van der Waals surface area (Å²) in [7, 11) is 0. The molecule has 2 atom stereocenters. The first kappa shape index (κ1) is 24.5. The number of hydrogen-bond donors (Lipinski definition) is 2. The van der Waals surface area contributed by atoms with Crippen LogP contribution in [0.15, 0.2) is 75.4 Å². The van der Waals surface area contributed by atoms with Crippen LogP contribution in [0.4, 0.5) is 11.4 Å². The van der Waals surface area contributed by atoms with Crippen molar-refractivity contribution in [1.29, 1.82) is 0 Å². The van der Waals surface area contributed by atoms with E-state index in [4.69, 9.17) is 9.97 Å². The molecule has 0 aromatic heterocycles. The van der Waals surface area contributed by atoms with Crippen molar-refractivity contribution in [3.05, 3.63) is 76.4 Å². The third-order valence-electron chi connectivity index (χ3n) is 6.13. The summed E-state index contributed by atoms with van der Waals surface area (Å²) in [6, 6.07) is 18.0. The molecule has 0 fully saturated rings. The van der Waals surface area contributed by atoms with Gasteiger partial charge in [0.2, 0.25) is 5.91 Å². The van der Waals surface area contributed by atoms with Crippen molar-refractivity contribution in [3.8, 4) is 11.5 Å². The highest BCUT2D eigenvalue weighted by Crippen LogP contribution is 2.30. The fourth-order valence-electron chi connectivity index (χ4n) is 4.05. The highest BCUT2D eigenvalue weighted by molar-refractivity contribution is 9.10. The smallest absolute Gasteiger partial charge is 0.247 e. The van der Waals surface area contributed by atoms with Crippen LogP contribution in [0.1, 0.15) is 30.5 Å². The van der Waals surface area contributed by atoms with Crippen molar-refractivity contribution < 1.29 is 4.79 Å². The van der Waals surface area contributed by atoms with Crippen molar-refractivity contribution in [2.24, 2.45) is 4.99 Å². The number of fused-ring (bicyclic) bond motifs is 1. The van der Waals surface area contributed by atoms with Crippen LogP contribution in [0.2, 0.25) is 0 Å². The van der Waals surface area contributed by atoms with Crippen LogP contribution < -0.4 is 10.6 Å². The molecule has 1 amide bonds. The first-order chi connectivity index (χ1) is 17.5. The first-order valence-corrected chi connectivity index (χ1v) is 13.7. The van der Waals surface area contributed by atoms with Crippen molar-refractivity contribution in [2.45, 2.75) is 43.3 Å². The summed E-state index contributed by atoms with van der Waals surface area (Å²) in [5.41, 5.74) is 4.75. The molecular weight excluding hydrogens is 536 g/mol. The largest absolute Gasteiger partial charge is 0.375 e. The van der Waals surface area contributed by atoms with Gasteiger partial charge < -0.3 is 15.2 Å². The molecule has 0 radical (unpaired) electrons. The zero-order valence-corrected chi connectivity index (χ0v) is 22.5. The Hall–Kier alpha value is -3.17. The quantitative estimate of drug-likeness (QED) is 0.237. The van der Waals surface area contributed by atoms with Gasteiger partial charge in [-0.05, 0) is 60.9 Å². The van der Waals surface area contributed by atoms with E-state index in [2.05, 4.69) is 43.7 Å². The molecule has 0 spiro atoms. The molecule has 0 saturated carbocycles. The Balaban J connectivity index is 1.33. The topological polar surface area (TPSA) is 84.2 Å². The van der Waals surface area contributed by atoms with Crippen LogP contribution in [0.25, 0.3) is 11.5 Å². The summed E-state index contributed by atoms with van der Waals surface area (Å²) in [6.07, 6.45) is 4.43. The molecule has 2 unspecified atom stereocenters. The monoisotopic (exact) mass is 562 g/mol. The van der Waals surface area contributed by atoms with Crippen molar-refractivity contribution in [3.63, 3.8) is 0 Å².